The molecule has 0 saturated carbocycles. The number of likely N-dealkylation sites (tertiary alicyclic amines) is 1. The normalized spacial score (nSPS) is 16.7. The van der Waals surface area contributed by atoms with Crippen LogP contribution in [0.4, 0.5) is 23.7 Å². The lowest BCUT2D eigenvalue weighted by molar-refractivity contribution is 0.0640. The fourth-order valence-corrected chi connectivity index (χ4v) is 5.08. The minimum atomic E-state index is -2.90. The maximum atomic E-state index is 14.9. The van der Waals surface area contributed by atoms with E-state index in [4.69, 9.17) is 4.42 Å². The minimum absolute atomic E-state index is 0.0271. The maximum absolute atomic E-state index is 14.9. The smallest absolute Gasteiger partial charge is 0.324 e. The van der Waals surface area contributed by atoms with Crippen molar-refractivity contribution in [3.8, 4) is 11.5 Å². The lowest BCUT2D eigenvalue weighted by Crippen LogP contribution is -2.66. The topological polar surface area (TPSA) is 62.5 Å². The summed E-state index contributed by atoms with van der Waals surface area (Å²) in [5.41, 5.74) is 1.39. The lowest BCUT2D eigenvalue weighted by atomic mass is 9.83. The number of urea groups is 1. The van der Waals surface area contributed by atoms with Crippen molar-refractivity contribution >= 4 is 23.5 Å². The zero-order valence-electron chi connectivity index (χ0n) is 16.9. The van der Waals surface area contributed by atoms with Crippen LogP contribution in [0.25, 0.3) is 11.5 Å². The number of benzene rings is 2. The Kier molecular flexibility index (Phi) is 5.32. The summed E-state index contributed by atoms with van der Waals surface area (Å²) in [7, 11) is 0. The Morgan fingerprint density at radius 1 is 1.16 bits per heavy atom. The van der Waals surface area contributed by atoms with E-state index in [0.717, 1.165) is 17.6 Å². The highest BCUT2D eigenvalue weighted by Crippen LogP contribution is 2.45. The Labute approximate surface area is 186 Å². The summed E-state index contributed by atoms with van der Waals surface area (Å²) in [5, 5.41) is 6.81. The Hall–Kier alpha value is -3.01. The number of hydrogen-bond acceptors (Lipinski definition) is 5. The van der Waals surface area contributed by atoms with E-state index in [1.54, 1.807) is 9.80 Å². The van der Waals surface area contributed by atoms with Gasteiger partial charge in [-0.3, -0.25) is 4.90 Å². The molecule has 0 N–H and O–H groups in total. The van der Waals surface area contributed by atoms with Gasteiger partial charge in [0.25, 0.3) is 5.89 Å². The van der Waals surface area contributed by atoms with Crippen molar-refractivity contribution < 1.29 is 22.4 Å². The van der Waals surface area contributed by atoms with Crippen LogP contribution < -0.4 is 4.90 Å². The van der Waals surface area contributed by atoms with Gasteiger partial charge in [-0.2, -0.15) is 20.5 Å². The molecule has 6 nitrogen and oxygen atoms in total. The number of nitrogens with zero attached hydrogens (tertiary/aromatic N) is 4. The molecule has 10 heteroatoms. The second kappa shape index (κ2) is 8.16. The number of anilines is 1. The van der Waals surface area contributed by atoms with Crippen LogP contribution >= 0.6 is 11.8 Å². The molecule has 3 aromatic rings. The standard InChI is InChI=1S/C22H19F3N4O2S/c23-17-8-14(19-26-27-20(31-19)18(24)25)6-7-15(17)9-29(16-4-2-1-3-5-16)21(30)28-10-22(11-28)12-32-13-22/h1-8,18H,9-13H2. The summed E-state index contributed by atoms with van der Waals surface area (Å²) >= 11 is 1.89. The van der Waals surface area contributed by atoms with Crippen LogP contribution in [0.15, 0.2) is 52.9 Å². The third kappa shape index (κ3) is 3.83. The molecular weight excluding hydrogens is 441 g/mol. The van der Waals surface area contributed by atoms with E-state index in [2.05, 4.69) is 10.2 Å². The zero-order chi connectivity index (χ0) is 22.3. The fourth-order valence-electron chi connectivity index (χ4n) is 3.94. The number of carbonyl (C=O) groups is 1. The van der Waals surface area contributed by atoms with Gasteiger partial charge in [0.1, 0.15) is 5.82 Å². The number of amides is 2. The number of thioether (sulfide) groups is 1. The summed E-state index contributed by atoms with van der Waals surface area (Å²) in [5.74, 6) is 0.541. The van der Waals surface area contributed by atoms with Crippen molar-refractivity contribution in [1.29, 1.82) is 0 Å². The molecule has 1 spiro atoms. The number of para-hydroxylation sites is 1. The van der Waals surface area contributed by atoms with Crippen molar-refractivity contribution in [1.82, 2.24) is 15.1 Å². The average molecular weight is 460 g/mol. The third-order valence-corrected chi connectivity index (χ3v) is 7.33. The van der Waals surface area contributed by atoms with Crippen LogP contribution in [-0.4, -0.2) is 45.7 Å². The van der Waals surface area contributed by atoms with Crippen LogP contribution in [0.1, 0.15) is 17.9 Å². The second-order valence-corrected chi connectivity index (χ2v) is 9.09. The number of hydrogen-bond donors (Lipinski definition) is 0. The number of halogens is 3. The van der Waals surface area contributed by atoms with Gasteiger partial charge < -0.3 is 9.32 Å². The molecule has 166 valence electrons. The van der Waals surface area contributed by atoms with E-state index in [0.29, 0.717) is 18.8 Å². The van der Waals surface area contributed by atoms with Crippen LogP contribution in [0, 0.1) is 11.2 Å². The van der Waals surface area contributed by atoms with E-state index in [9.17, 15) is 18.0 Å². The van der Waals surface area contributed by atoms with Crippen LogP contribution in [0.3, 0.4) is 0 Å². The van der Waals surface area contributed by atoms with Gasteiger partial charge in [-0.15, -0.1) is 10.2 Å². The Bertz CT molecular complexity index is 1130. The Morgan fingerprint density at radius 2 is 1.91 bits per heavy atom. The second-order valence-electron chi connectivity index (χ2n) is 8.11. The van der Waals surface area contributed by atoms with E-state index >= 15 is 0 Å². The highest BCUT2D eigenvalue weighted by atomic mass is 32.2. The molecule has 2 fully saturated rings. The van der Waals surface area contributed by atoms with Gasteiger partial charge in [0.05, 0.1) is 6.54 Å². The van der Waals surface area contributed by atoms with Crippen molar-refractivity contribution in [2.45, 2.75) is 13.0 Å². The number of aromatic nitrogens is 2. The van der Waals surface area contributed by atoms with E-state index in [1.165, 1.54) is 12.1 Å². The first-order valence-electron chi connectivity index (χ1n) is 10.0. The predicted molar refractivity (Wildman–Crippen MR) is 114 cm³/mol. The molecule has 5 rings (SSSR count). The Morgan fingerprint density at radius 3 is 2.50 bits per heavy atom. The molecule has 2 aliphatic heterocycles. The summed E-state index contributed by atoms with van der Waals surface area (Å²) in [6.45, 7) is 1.46. The monoisotopic (exact) mass is 460 g/mol. The molecule has 0 unspecified atom stereocenters. The molecule has 0 atom stereocenters. The van der Waals surface area contributed by atoms with E-state index < -0.39 is 18.1 Å². The molecule has 0 aliphatic carbocycles. The van der Waals surface area contributed by atoms with Crippen LogP contribution in [0.2, 0.25) is 0 Å². The van der Waals surface area contributed by atoms with Crippen molar-refractivity contribution in [3.63, 3.8) is 0 Å². The molecule has 0 radical (unpaired) electrons. The van der Waals surface area contributed by atoms with Gasteiger partial charge in [-0.25, -0.2) is 9.18 Å². The van der Waals surface area contributed by atoms with Gasteiger partial charge in [0.2, 0.25) is 5.89 Å². The van der Waals surface area contributed by atoms with Gasteiger partial charge in [0, 0.05) is 46.8 Å². The molecule has 32 heavy (non-hydrogen) atoms. The van der Waals surface area contributed by atoms with Gasteiger partial charge in [-0.05, 0) is 24.3 Å². The number of rotatable bonds is 5. The SMILES string of the molecule is O=C(N1CC2(CSC2)C1)N(Cc1ccc(-c2nnc(C(F)F)o2)cc1F)c1ccccc1. The zero-order valence-corrected chi connectivity index (χ0v) is 17.7. The molecular formula is C22H19F3N4O2S. The largest absolute Gasteiger partial charge is 0.415 e. The highest BCUT2D eigenvalue weighted by molar-refractivity contribution is 8.00. The van der Waals surface area contributed by atoms with E-state index in [1.807, 2.05) is 42.1 Å². The van der Waals surface area contributed by atoms with Crippen molar-refractivity contribution in [2.75, 3.05) is 29.5 Å². The van der Waals surface area contributed by atoms with Gasteiger partial charge in [-0.1, -0.05) is 24.3 Å². The average Bonchev–Trinajstić information content (AvgIpc) is 3.22. The number of alkyl halides is 2. The molecule has 2 saturated heterocycles. The molecule has 2 aliphatic rings. The number of carbonyl (C=O) groups excluding carboxylic acids is 1. The van der Waals surface area contributed by atoms with Crippen LogP contribution in [-0.2, 0) is 6.54 Å². The molecule has 3 heterocycles. The summed E-state index contributed by atoms with van der Waals surface area (Å²) in [4.78, 5) is 16.6. The quantitative estimate of drug-likeness (QED) is 0.537. The summed E-state index contributed by atoms with van der Waals surface area (Å²) < 4.78 is 45.2. The minimum Gasteiger partial charge on any atom is -0.415 e. The molecule has 2 amide bonds. The summed E-state index contributed by atoms with van der Waals surface area (Å²) in [6, 6.07) is 13.1. The third-order valence-electron chi connectivity index (χ3n) is 5.69. The predicted octanol–water partition coefficient (Wildman–Crippen LogP) is 4.99. The fraction of sp³-hybridized carbons (Fsp3) is 0.318. The Balaban J connectivity index is 1.37. The van der Waals surface area contributed by atoms with Gasteiger partial charge in [0.15, 0.2) is 0 Å². The lowest BCUT2D eigenvalue weighted by Gasteiger charge is -2.55. The molecule has 0 bridgehead atoms. The van der Waals surface area contributed by atoms with Gasteiger partial charge >= 0.3 is 12.5 Å². The molecule has 2 aromatic carbocycles. The first-order chi connectivity index (χ1) is 15.4. The maximum Gasteiger partial charge on any atom is 0.324 e. The van der Waals surface area contributed by atoms with Crippen LogP contribution in [0.5, 0.6) is 0 Å². The molecule has 1 aromatic heterocycles. The first kappa shape index (κ1) is 20.9. The summed E-state index contributed by atoms with van der Waals surface area (Å²) in [6.07, 6.45) is -2.90. The highest BCUT2D eigenvalue weighted by Gasteiger charge is 2.50. The first-order valence-corrected chi connectivity index (χ1v) is 11.2. The van der Waals surface area contributed by atoms with Crippen molar-refractivity contribution in [3.05, 3.63) is 65.8 Å². The van der Waals surface area contributed by atoms with E-state index in [-0.39, 0.29) is 35.0 Å². The van der Waals surface area contributed by atoms with Crippen molar-refractivity contribution in [2.24, 2.45) is 5.41 Å².